The fourth-order valence-corrected chi connectivity index (χ4v) is 2.80. The molecular formula is C18H23N3O2. The van der Waals surface area contributed by atoms with E-state index in [1.807, 2.05) is 35.2 Å². The Balaban J connectivity index is 1.49. The predicted molar refractivity (Wildman–Crippen MR) is 90.4 cm³/mol. The van der Waals surface area contributed by atoms with Crippen LogP contribution >= 0.6 is 0 Å². The number of piperazine rings is 1. The summed E-state index contributed by atoms with van der Waals surface area (Å²) in [5, 5.41) is 3.00. The van der Waals surface area contributed by atoms with E-state index in [-0.39, 0.29) is 6.03 Å². The number of carbonyl (C=O) groups is 1. The minimum absolute atomic E-state index is 0.0177. The van der Waals surface area contributed by atoms with Crippen LogP contribution in [0, 0.1) is 0 Å². The predicted octanol–water partition coefficient (Wildman–Crippen LogP) is 3.19. The number of amides is 2. The van der Waals surface area contributed by atoms with Crippen LogP contribution in [0.3, 0.4) is 0 Å². The summed E-state index contributed by atoms with van der Waals surface area (Å²) >= 11 is 0. The molecule has 0 atom stereocenters. The van der Waals surface area contributed by atoms with E-state index in [0.29, 0.717) is 0 Å². The number of rotatable bonds is 4. The third-order valence-corrected chi connectivity index (χ3v) is 4.21. The molecule has 5 nitrogen and oxygen atoms in total. The van der Waals surface area contributed by atoms with Crippen molar-refractivity contribution in [3.8, 4) is 0 Å². The van der Waals surface area contributed by atoms with Crippen LogP contribution in [0.2, 0.25) is 0 Å². The van der Waals surface area contributed by atoms with Crippen LogP contribution in [-0.4, -0.2) is 42.0 Å². The van der Waals surface area contributed by atoms with Crippen molar-refractivity contribution < 1.29 is 9.21 Å². The zero-order valence-corrected chi connectivity index (χ0v) is 13.5. The van der Waals surface area contributed by atoms with Gasteiger partial charge in [-0.15, -0.1) is 0 Å². The highest BCUT2D eigenvalue weighted by molar-refractivity contribution is 5.89. The van der Waals surface area contributed by atoms with Crippen molar-refractivity contribution in [2.75, 3.05) is 31.5 Å². The lowest BCUT2D eigenvalue weighted by Crippen LogP contribution is -2.49. The number of nitrogens with zero attached hydrogens (tertiary/aromatic N) is 2. The molecule has 5 heteroatoms. The van der Waals surface area contributed by atoms with Gasteiger partial charge in [-0.25, -0.2) is 4.79 Å². The molecule has 0 spiro atoms. The largest absolute Gasteiger partial charge is 0.468 e. The van der Waals surface area contributed by atoms with E-state index in [1.54, 1.807) is 6.26 Å². The van der Waals surface area contributed by atoms with Crippen molar-refractivity contribution in [3.05, 3.63) is 54.0 Å². The summed E-state index contributed by atoms with van der Waals surface area (Å²) in [6.07, 6.45) is 2.67. The Morgan fingerprint density at radius 2 is 2.00 bits per heavy atom. The molecule has 1 saturated heterocycles. The molecule has 1 aliphatic heterocycles. The van der Waals surface area contributed by atoms with E-state index in [1.165, 1.54) is 5.56 Å². The summed E-state index contributed by atoms with van der Waals surface area (Å²) in [6, 6.07) is 11.9. The van der Waals surface area contributed by atoms with E-state index in [0.717, 1.165) is 50.6 Å². The minimum atomic E-state index is -0.0177. The van der Waals surface area contributed by atoms with Crippen molar-refractivity contribution in [2.24, 2.45) is 0 Å². The van der Waals surface area contributed by atoms with Gasteiger partial charge < -0.3 is 14.6 Å². The summed E-state index contributed by atoms with van der Waals surface area (Å²) in [5.41, 5.74) is 2.10. The highest BCUT2D eigenvalue weighted by Gasteiger charge is 2.21. The Morgan fingerprint density at radius 3 is 2.70 bits per heavy atom. The third kappa shape index (κ3) is 4.13. The van der Waals surface area contributed by atoms with Crippen LogP contribution in [0.5, 0.6) is 0 Å². The minimum Gasteiger partial charge on any atom is -0.468 e. The molecule has 2 amide bonds. The van der Waals surface area contributed by atoms with Gasteiger partial charge in [0.25, 0.3) is 0 Å². The van der Waals surface area contributed by atoms with Gasteiger partial charge in [0.1, 0.15) is 5.76 Å². The maximum Gasteiger partial charge on any atom is 0.321 e. The number of hydrogen-bond donors (Lipinski definition) is 1. The molecule has 122 valence electrons. The first-order valence-corrected chi connectivity index (χ1v) is 8.14. The van der Waals surface area contributed by atoms with Gasteiger partial charge in [0, 0.05) is 31.9 Å². The maximum atomic E-state index is 12.4. The van der Waals surface area contributed by atoms with Crippen molar-refractivity contribution in [3.63, 3.8) is 0 Å². The van der Waals surface area contributed by atoms with Crippen molar-refractivity contribution >= 4 is 11.7 Å². The molecule has 2 aromatic rings. The molecule has 1 aromatic heterocycles. The molecule has 0 saturated carbocycles. The second-order valence-electron chi connectivity index (χ2n) is 5.83. The van der Waals surface area contributed by atoms with Gasteiger partial charge in [-0.2, -0.15) is 0 Å². The van der Waals surface area contributed by atoms with Crippen LogP contribution in [-0.2, 0) is 13.0 Å². The topological polar surface area (TPSA) is 48.7 Å². The third-order valence-electron chi connectivity index (χ3n) is 4.21. The Morgan fingerprint density at radius 1 is 1.17 bits per heavy atom. The molecule has 2 heterocycles. The molecule has 0 radical (unpaired) electrons. The number of aryl methyl sites for hydroxylation is 1. The van der Waals surface area contributed by atoms with E-state index < -0.39 is 0 Å². The van der Waals surface area contributed by atoms with Gasteiger partial charge >= 0.3 is 6.03 Å². The fraction of sp³-hybridized carbons (Fsp3) is 0.389. The van der Waals surface area contributed by atoms with E-state index in [4.69, 9.17) is 4.42 Å². The number of hydrogen-bond acceptors (Lipinski definition) is 3. The van der Waals surface area contributed by atoms with E-state index >= 15 is 0 Å². The first kappa shape index (κ1) is 15.6. The lowest BCUT2D eigenvalue weighted by atomic mass is 10.1. The highest BCUT2D eigenvalue weighted by Crippen LogP contribution is 2.13. The summed E-state index contributed by atoms with van der Waals surface area (Å²) in [6.45, 7) is 6.12. The summed E-state index contributed by atoms with van der Waals surface area (Å²) < 4.78 is 5.38. The van der Waals surface area contributed by atoms with Crippen molar-refractivity contribution in [1.29, 1.82) is 0 Å². The fourth-order valence-electron chi connectivity index (χ4n) is 2.80. The Hall–Kier alpha value is -2.27. The van der Waals surface area contributed by atoms with Gasteiger partial charge in [0.05, 0.1) is 12.8 Å². The summed E-state index contributed by atoms with van der Waals surface area (Å²) in [7, 11) is 0. The smallest absolute Gasteiger partial charge is 0.321 e. The zero-order valence-electron chi connectivity index (χ0n) is 13.5. The second kappa shape index (κ2) is 7.33. The molecule has 1 aromatic carbocycles. The van der Waals surface area contributed by atoms with Crippen molar-refractivity contribution in [1.82, 2.24) is 9.80 Å². The number of furan rings is 1. The molecule has 3 rings (SSSR count). The monoisotopic (exact) mass is 313 g/mol. The summed E-state index contributed by atoms with van der Waals surface area (Å²) in [4.78, 5) is 16.5. The van der Waals surface area contributed by atoms with Gasteiger partial charge in [-0.05, 0) is 36.2 Å². The van der Waals surface area contributed by atoms with Gasteiger partial charge in [-0.1, -0.05) is 19.1 Å². The average molecular weight is 313 g/mol. The van der Waals surface area contributed by atoms with Crippen LogP contribution in [0.4, 0.5) is 10.5 Å². The lowest BCUT2D eigenvalue weighted by molar-refractivity contribution is 0.137. The Kier molecular flexibility index (Phi) is 4.98. The molecular weight excluding hydrogens is 290 g/mol. The zero-order chi connectivity index (χ0) is 16.1. The SMILES string of the molecule is CCc1cccc(NC(=O)N2CCN(Cc3ccco3)CC2)c1. The van der Waals surface area contributed by atoms with Gasteiger partial charge in [0.2, 0.25) is 0 Å². The van der Waals surface area contributed by atoms with Crippen molar-refractivity contribution in [2.45, 2.75) is 19.9 Å². The van der Waals surface area contributed by atoms with Gasteiger partial charge in [-0.3, -0.25) is 4.90 Å². The van der Waals surface area contributed by atoms with Crippen LogP contribution in [0.1, 0.15) is 18.2 Å². The van der Waals surface area contributed by atoms with Gasteiger partial charge in [0.15, 0.2) is 0 Å². The molecule has 1 fully saturated rings. The lowest BCUT2D eigenvalue weighted by Gasteiger charge is -2.34. The van der Waals surface area contributed by atoms with E-state index in [2.05, 4.69) is 23.2 Å². The Labute approximate surface area is 136 Å². The Bertz CT molecular complexity index is 631. The van der Waals surface area contributed by atoms with Crippen LogP contribution < -0.4 is 5.32 Å². The molecule has 1 N–H and O–H groups in total. The average Bonchev–Trinajstić information content (AvgIpc) is 3.08. The van der Waals surface area contributed by atoms with E-state index in [9.17, 15) is 4.79 Å². The number of benzene rings is 1. The first-order valence-electron chi connectivity index (χ1n) is 8.14. The first-order chi connectivity index (χ1) is 11.2. The quantitative estimate of drug-likeness (QED) is 0.943. The number of anilines is 1. The molecule has 0 aliphatic carbocycles. The number of urea groups is 1. The normalized spacial score (nSPS) is 15.6. The second-order valence-corrected chi connectivity index (χ2v) is 5.83. The number of nitrogens with one attached hydrogen (secondary N) is 1. The maximum absolute atomic E-state index is 12.4. The molecule has 0 unspecified atom stereocenters. The van der Waals surface area contributed by atoms with Crippen LogP contribution in [0.25, 0.3) is 0 Å². The summed E-state index contributed by atoms with van der Waals surface area (Å²) in [5.74, 6) is 0.972. The highest BCUT2D eigenvalue weighted by atomic mass is 16.3. The molecule has 0 bridgehead atoms. The molecule has 1 aliphatic rings. The van der Waals surface area contributed by atoms with Crippen LogP contribution in [0.15, 0.2) is 47.1 Å². The molecule has 23 heavy (non-hydrogen) atoms. The standard InChI is InChI=1S/C18H23N3O2/c1-2-15-5-3-6-16(13-15)19-18(22)21-10-8-20(9-11-21)14-17-7-4-12-23-17/h3-7,12-13H,2,8-11,14H2,1H3,(H,19,22). The number of carbonyl (C=O) groups excluding carboxylic acids is 1.